The lowest BCUT2D eigenvalue weighted by Gasteiger charge is -2.46. The van der Waals surface area contributed by atoms with Gasteiger partial charge in [0.1, 0.15) is 18.2 Å². The lowest BCUT2D eigenvalue weighted by molar-refractivity contribution is -0.123. The van der Waals surface area contributed by atoms with Gasteiger partial charge in [0.15, 0.2) is 5.82 Å². The lowest BCUT2D eigenvalue weighted by Crippen LogP contribution is -2.51. The van der Waals surface area contributed by atoms with E-state index in [2.05, 4.69) is 10.1 Å². The largest absolute Gasteiger partial charge is 0.375 e. The Morgan fingerprint density at radius 3 is 2.87 bits per heavy atom. The minimum absolute atomic E-state index is 0.0984. The number of aromatic nitrogens is 2. The first-order chi connectivity index (χ1) is 14.5. The van der Waals surface area contributed by atoms with Gasteiger partial charge < -0.3 is 18.9 Å². The maximum atomic E-state index is 14.0. The Balaban J connectivity index is 1.35. The Bertz CT molecular complexity index is 896. The summed E-state index contributed by atoms with van der Waals surface area (Å²) < 4.78 is 43.4. The van der Waals surface area contributed by atoms with Crippen LogP contribution in [-0.2, 0) is 22.5 Å². The van der Waals surface area contributed by atoms with Crippen LogP contribution >= 0.6 is 0 Å². The quantitative estimate of drug-likeness (QED) is 0.738. The highest BCUT2D eigenvalue weighted by molar-refractivity contribution is 5.94. The summed E-state index contributed by atoms with van der Waals surface area (Å²) >= 11 is 0. The first kappa shape index (κ1) is 20.9. The van der Waals surface area contributed by atoms with Crippen LogP contribution in [0.25, 0.3) is 0 Å². The highest BCUT2D eigenvalue weighted by atomic mass is 19.1. The van der Waals surface area contributed by atoms with Crippen molar-refractivity contribution >= 4 is 5.91 Å². The highest BCUT2D eigenvalue weighted by Crippen LogP contribution is 2.39. The molecule has 1 aromatic heterocycles. The molecule has 2 aliphatic heterocycles. The second kappa shape index (κ2) is 8.77. The van der Waals surface area contributed by atoms with E-state index in [1.165, 1.54) is 6.07 Å². The molecule has 1 unspecified atom stereocenters. The first-order valence-electron chi connectivity index (χ1n) is 10.2. The molecule has 3 heterocycles. The molecule has 4 rings (SSSR count). The summed E-state index contributed by atoms with van der Waals surface area (Å²) in [5, 5.41) is 4.02. The zero-order valence-corrected chi connectivity index (χ0v) is 16.9. The summed E-state index contributed by atoms with van der Waals surface area (Å²) in [6.07, 6.45) is 3.84. The van der Waals surface area contributed by atoms with Crippen molar-refractivity contribution in [3.8, 4) is 0 Å². The van der Waals surface area contributed by atoms with E-state index in [0.717, 1.165) is 25.0 Å². The van der Waals surface area contributed by atoms with Crippen LogP contribution in [0.1, 0.15) is 47.8 Å². The first-order valence-corrected chi connectivity index (χ1v) is 10.2. The summed E-state index contributed by atoms with van der Waals surface area (Å²) in [4.78, 5) is 18.6. The van der Waals surface area contributed by atoms with Crippen LogP contribution in [0.4, 0.5) is 8.78 Å². The van der Waals surface area contributed by atoms with E-state index < -0.39 is 17.5 Å². The third-order valence-electron chi connectivity index (χ3n) is 5.97. The summed E-state index contributed by atoms with van der Waals surface area (Å²) in [5.41, 5.74) is -0.390. The average molecular weight is 421 g/mol. The van der Waals surface area contributed by atoms with Crippen LogP contribution in [0.15, 0.2) is 22.7 Å². The number of nitrogens with zero attached hydrogens (tertiary/aromatic N) is 3. The predicted octanol–water partition coefficient (Wildman–Crippen LogP) is 3.14. The van der Waals surface area contributed by atoms with E-state index in [1.807, 2.05) is 0 Å². The van der Waals surface area contributed by atoms with E-state index in [9.17, 15) is 13.6 Å². The highest BCUT2D eigenvalue weighted by Gasteiger charge is 2.41. The van der Waals surface area contributed by atoms with Crippen LogP contribution in [0.2, 0.25) is 0 Å². The van der Waals surface area contributed by atoms with Crippen molar-refractivity contribution in [3.05, 3.63) is 47.1 Å². The van der Waals surface area contributed by atoms with E-state index >= 15 is 0 Å². The van der Waals surface area contributed by atoms with E-state index in [-0.39, 0.29) is 11.2 Å². The number of likely N-dealkylation sites (tertiary alicyclic amines) is 1. The molecule has 30 heavy (non-hydrogen) atoms. The smallest absolute Gasteiger partial charge is 0.256 e. The standard InChI is InChI=1S/C21H25F2N3O4/c1-28-13-19-24-18(25-30-19)10-14-4-9-29-21(12-14)5-7-26(8-6-21)20(27)16-3-2-15(22)11-17(16)23/h2-3,11,14H,4-10,12-13H2,1H3. The maximum Gasteiger partial charge on any atom is 0.256 e. The van der Waals surface area contributed by atoms with Crippen LogP contribution in [0.3, 0.4) is 0 Å². The summed E-state index contributed by atoms with van der Waals surface area (Å²) in [6, 6.07) is 3.04. The fourth-order valence-electron chi connectivity index (χ4n) is 4.42. The molecule has 2 saturated heterocycles. The molecule has 2 aliphatic rings. The van der Waals surface area contributed by atoms with Crippen LogP contribution in [0, 0.1) is 17.6 Å². The van der Waals surface area contributed by atoms with Crippen molar-refractivity contribution in [3.63, 3.8) is 0 Å². The Morgan fingerprint density at radius 2 is 2.13 bits per heavy atom. The number of benzene rings is 1. The molecule has 0 N–H and O–H groups in total. The Morgan fingerprint density at radius 1 is 1.33 bits per heavy atom. The third-order valence-corrected chi connectivity index (χ3v) is 5.97. The Hall–Kier alpha value is -2.39. The monoisotopic (exact) mass is 421 g/mol. The molecule has 9 heteroatoms. The minimum atomic E-state index is -0.831. The second-order valence-corrected chi connectivity index (χ2v) is 8.05. The molecule has 0 aliphatic carbocycles. The van der Waals surface area contributed by atoms with Gasteiger partial charge in [-0.2, -0.15) is 4.98 Å². The molecule has 7 nitrogen and oxygen atoms in total. The Labute approximate surface area is 173 Å². The molecule has 1 atom stereocenters. The molecule has 1 spiro atoms. The van der Waals surface area contributed by atoms with Gasteiger partial charge in [0.05, 0.1) is 11.2 Å². The fourth-order valence-corrected chi connectivity index (χ4v) is 4.42. The van der Waals surface area contributed by atoms with Gasteiger partial charge in [-0.05, 0) is 43.7 Å². The van der Waals surface area contributed by atoms with Gasteiger partial charge >= 0.3 is 0 Å². The second-order valence-electron chi connectivity index (χ2n) is 8.05. The van der Waals surface area contributed by atoms with Gasteiger partial charge in [-0.1, -0.05) is 5.16 Å². The van der Waals surface area contributed by atoms with E-state index in [4.69, 9.17) is 14.0 Å². The summed E-state index contributed by atoms with van der Waals surface area (Å²) in [5.74, 6) is -0.435. The topological polar surface area (TPSA) is 77.7 Å². The summed E-state index contributed by atoms with van der Waals surface area (Å²) in [6.45, 7) is 1.89. The lowest BCUT2D eigenvalue weighted by atomic mass is 9.78. The van der Waals surface area contributed by atoms with Crippen LogP contribution < -0.4 is 0 Å². The normalized spacial score (nSPS) is 21.2. The predicted molar refractivity (Wildman–Crippen MR) is 102 cm³/mol. The van der Waals surface area contributed by atoms with Crippen LogP contribution in [-0.4, -0.2) is 53.4 Å². The number of halogens is 2. The van der Waals surface area contributed by atoms with Gasteiger partial charge in [-0.3, -0.25) is 4.79 Å². The van der Waals surface area contributed by atoms with Gasteiger partial charge in [0.25, 0.3) is 11.8 Å². The Kier molecular flexibility index (Phi) is 6.10. The molecule has 1 amide bonds. The molecular formula is C21H25F2N3O4. The average Bonchev–Trinajstić information content (AvgIpc) is 3.15. The zero-order valence-electron chi connectivity index (χ0n) is 16.9. The van der Waals surface area contributed by atoms with Crippen molar-refractivity contribution in [2.45, 2.75) is 44.3 Å². The number of hydrogen-bond acceptors (Lipinski definition) is 6. The van der Waals surface area contributed by atoms with Gasteiger partial charge in [0.2, 0.25) is 0 Å². The van der Waals surface area contributed by atoms with Crippen molar-refractivity contribution in [1.29, 1.82) is 0 Å². The van der Waals surface area contributed by atoms with Gasteiger partial charge in [-0.15, -0.1) is 0 Å². The molecule has 2 fully saturated rings. The third kappa shape index (κ3) is 4.52. The molecule has 1 aromatic carbocycles. The molecule has 0 saturated carbocycles. The fraction of sp³-hybridized carbons (Fsp3) is 0.571. The number of piperidine rings is 1. The number of rotatable bonds is 5. The molecule has 2 aromatic rings. The molecule has 162 valence electrons. The molecular weight excluding hydrogens is 396 g/mol. The number of methoxy groups -OCH3 is 1. The van der Waals surface area contributed by atoms with Crippen molar-refractivity contribution < 1.29 is 27.6 Å². The minimum Gasteiger partial charge on any atom is -0.375 e. The van der Waals surface area contributed by atoms with Gasteiger partial charge in [0, 0.05) is 39.3 Å². The van der Waals surface area contributed by atoms with E-state index in [1.54, 1.807) is 12.0 Å². The van der Waals surface area contributed by atoms with E-state index in [0.29, 0.717) is 63.2 Å². The molecule has 0 bridgehead atoms. The van der Waals surface area contributed by atoms with Crippen molar-refractivity contribution in [1.82, 2.24) is 15.0 Å². The maximum absolute atomic E-state index is 14.0. The number of carbonyl (C=O) groups is 1. The number of amides is 1. The SMILES string of the molecule is COCc1nc(CC2CCOC3(CCN(C(=O)c4ccc(F)cc4F)CC3)C2)no1. The van der Waals surface area contributed by atoms with Crippen molar-refractivity contribution in [2.24, 2.45) is 5.92 Å². The number of hydrogen-bond donors (Lipinski definition) is 0. The summed E-state index contributed by atoms with van der Waals surface area (Å²) in [7, 11) is 1.58. The van der Waals surface area contributed by atoms with Crippen molar-refractivity contribution in [2.75, 3.05) is 26.8 Å². The number of ether oxygens (including phenoxy) is 2. The van der Waals surface area contributed by atoms with Gasteiger partial charge in [-0.25, -0.2) is 8.78 Å². The molecule has 0 radical (unpaired) electrons. The zero-order chi connectivity index (χ0) is 21.1. The van der Waals surface area contributed by atoms with Crippen LogP contribution in [0.5, 0.6) is 0 Å². The number of carbonyl (C=O) groups excluding carboxylic acids is 1.